The zero-order chi connectivity index (χ0) is 16.1. The minimum absolute atomic E-state index is 0.125. The van der Waals surface area contributed by atoms with Crippen molar-refractivity contribution in [2.45, 2.75) is 18.5 Å². The van der Waals surface area contributed by atoms with Crippen LogP contribution >= 0.6 is 11.6 Å². The van der Waals surface area contributed by atoms with Gasteiger partial charge in [-0.3, -0.25) is 0 Å². The monoisotopic (exact) mass is 332 g/mol. The normalized spacial score (nSPS) is 20.6. The van der Waals surface area contributed by atoms with Gasteiger partial charge in [-0.15, -0.1) is 0 Å². The van der Waals surface area contributed by atoms with Gasteiger partial charge in [0.25, 0.3) is 0 Å². The molecule has 0 unspecified atom stereocenters. The number of aromatic nitrogens is 1. The summed E-state index contributed by atoms with van der Waals surface area (Å²) in [4.78, 5) is 0. The number of rotatable bonds is 2. The third-order valence-corrected chi connectivity index (χ3v) is 4.07. The molecule has 8 heteroatoms. The summed E-state index contributed by atoms with van der Waals surface area (Å²) >= 11 is 6.02. The lowest BCUT2D eigenvalue weighted by Gasteiger charge is -2.24. The second-order valence-corrected chi connectivity index (χ2v) is 5.70. The number of ether oxygens (including phenoxy) is 1. The third kappa shape index (κ3) is 2.11. The van der Waals surface area contributed by atoms with Gasteiger partial charge in [0.2, 0.25) is 5.69 Å². The van der Waals surface area contributed by atoms with Crippen LogP contribution in [-0.2, 0) is 11.6 Å². The van der Waals surface area contributed by atoms with Gasteiger partial charge in [-0.05, 0) is 25.1 Å². The first kappa shape index (κ1) is 15.0. The van der Waals surface area contributed by atoms with Crippen molar-refractivity contribution in [3.05, 3.63) is 40.2 Å². The van der Waals surface area contributed by atoms with E-state index in [1.54, 1.807) is 25.1 Å². The Bertz CT molecular complexity index is 729. The highest BCUT2D eigenvalue weighted by molar-refractivity contribution is 6.30. The molecule has 0 aliphatic carbocycles. The number of anilines is 1. The van der Waals surface area contributed by atoms with Crippen LogP contribution in [0.25, 0.3) is 0 Å². The fourth-order valence-electron chi connectivity index (χ4n) is 2.70. The summed E-state index contributed by atoms with van der Waals surface area (Å²) < 4.78 is 49.1. The molecule has 0 saturated heterocycles. The molecular formula is C14H12ClF3N2O2. The van der Waals surface area contributed by atoms with Crippen LogP contribution in [0.4, 0.5) is 18.9 Å². The molecule has 3 rings (SSSR count). The molecule has 1 N–H and O–H groups in total. The van der Waals surface area contributed by atoms with E-state index < -0.39 is 17.3 Å². The number of nitrogens with zero attached hydrogens (tertiary/aromatic N) is 1. The highest BCUT2D eigenvalue weighted by Crippen LogP contribution is 2.49. The van der Waals surface area contributed by atoms with Crippen molar-refractivity contribution in [3.8, 4) is 5.75 Å². The summed E-state index contributed by atoms with van der Waals surface area (Å²) in [5, 5.41) is 6.37. The first-order valence-electron chi connectivity index (χ1n) is 6.42. The SMILES string of the molecule is COc1ccc(Cl)cc1[C@@]1(C)CNc2c(C(F)(F)F)noc21. The minimum Gasteiger partial charge on any atom is -0.496 e. The largest absolute Gasteiger partial charge is 0.496 e. The van der Waals surface area contributed by atoms with Crippen LogP contribution in [0.2, 0.25) is 5.02 Å². The molecule has 22 heavy (non-hydrogen) atoms. The first-order valence-corrected chi connectivity index (χ1v) is 6.80. The highest BCUT2D eigenvalue weighted by atomic mass is 35.5. The quantitative estimate of drug-likeness (QED) is 0.900. The second-order valence-electron chi connectivity index (χ2n) is 5.26. The molecule has 1 aromatic carbocycles. The molecule has 1 aliphatic rings. The van der Waals surface area contributed by atoms with E-state index in [1.165, 1.54) is 7.11 Å². The molecule has 2 aromatic rings. The van der Waals surface area contributed by atoms with Crippen LogP contribution in [-0.4, -0.2) is 18.8 Å². The molecule has 0 fully saturated rings. The van der Waals surface area contributed by atoms with E-state index >= 15 is 0 Å². The average Bonchev–Trinajstić information content (AvgIpc) is 3.00. The van der Waals surface area contributed by atoms with E-state index in [-0.39, 0.29) is 18.0 Å². The smallest absolute Gasteiger partial charge is 0.438 e. The standard InChI is InChI=1S/C14H12ClF3N2O2/c1-13(8-5-7(15)3-4-9(8)21-2)6-19-10-11(14(16,17)18)20-22-12(10)13/h3-5,19H,6H2,1-2H3/t13-/m1/s1. The van der Waals surface area contributed by atoms with Crippen LogP contribution in [0.5, 0.6) is 5.75 Å². The Morgan fingerprint density at radius 2 is 2.14 bits per heavy atom. The van der Waals surface area contributed by atoms with Crippen molar-refractivity contribution in [1.82, 2.24) is 5.16 Å². The van der Waals surface area contributed by atoms with Crippen LogP contribution in [0.3, 0.4) is 0 Å². The lowest BCUT2D eigenvalue weighted by Crippen LogP contribution is -2.26. The Kier molecular flexibility index (Phi) is 3.28. The number of hydrogen-bond acceptors (Lipinski definition) is 4. The molecule has 1 atom stereocenters. The molecule has 1 aromatic heterocycles. The van der Waals surface area contributed by atoms with Gasteiger partial charge in [-0.1, -0.05) is 16.8 Å². The van der Waals surface area contributed by atoms with Crippen molar-refractivity contribution < 1.29 is 22.4 Å². The van der Waals surface area contributed by atoms with Crippen LogP contribution in [0, 0.1) is 0 Å². The van der Waals surface area contributed by atoms with Crippen molar-refractivity contribution in [3.63, 3.8) is 0 Å². The molecule has 0 bridgehead atoms. The van der Waals surface area contributed by atoms with Gasteiger partial charge in [0.1, 0.15) is 11.4 Å². The number of fused-ring (bicyclic) bond motifs is 1. The summed E-state index contributed by atoms with van der Waals surface area (Å²) in [5.41, 5.74) is -1.40. The van der Waals surface area contributed by atoms with Crippen molar-refractivity contribution in [1.29, 1.82) is 0 Å². The van der Waals surface area contributed by atoms with Crippen molar-refractivity contribution >= 4 is 17.3 Å². The van der Waals surface area contributed by atoms with E-state index in [1.807, 2.05) is 0 Å². The molecule has 1 aliphatic heterocycles. The molecule has 0 spiro atoms. The first-order chi connectivity index (χ1) is 10.3. The van der Waals surface area contributed by atoms with Crippen LogP contribution < -0.4 is 10.1 Å². The predicted octanol–water partition coefficient (Wildman–Crippen LogP) is 4.09. The van der Waals surface area contributed by atoms with E-state index in [0.29, 0.717) is 16.3 Å². The predicted molar refractivity (Wildman–Crippen MR) is 74.5 cm³/mol. The number of methoxy groups -OCH3 is 1. The zero-order valence-corrected chi connectivity index (χ0v) is 12.5. The average molecular weight is 333 g/mol. The molecule has 0 amide bonds. The number of nitrogens with one attached hydrogen (secondary N) is 1. The third-order valence-electron chi connectivity index (χ3n) is 3.84. The Morgan fingerprint density at radius 3 is 2.77 bits per heavy atom. The molecule has 2 heterocycles. The molecule has 118 valence electrons. The topological polar surface area (TPSA) is 47.3 Å². The van der Waals surface area contributed by atoms with E-state index in [2.05, 4.69) is 10.5 Å². The number of benzene rings is 1. The maximum Gasteiger partial charge on any atom is 0.438 e. The Balaban J connectivity index is 2.16. The Hall–Kier alpha value is -1.89. The molecular weight excluding hydrogens is 321 g/mol. The number of alkyl halides is 3. The van der Waals surface area contributed by atoms with Gasteiger partial charge >= 0.3 is 6.18 Å². The maximum absolute atomic E-state index is 12.9. The van der Waals surface area contributed by atoms with Crippen LogP contribution in [0.15, 0.2) is 22.7 Å². The van der Waals surface area contributed by atoms with Gasteiger partial charge in [0.05, 0.1) is 12.5 Å². The molecule has 4 nitrogen and oxygen atoms in total. The van der Waals surface area contributed by atoms with Gasteiger partial charge in [0, 0.05) is 17.1 Å². The summed E-state index contributed by atoms with van der Waals surface area (Å²) in [6, 6.07) is 4.98. The zero-order valence-electron chi connectivity index (χ0n) is 11.7. The lowest BCUT2D eigenvalue weighted by atomic mass is 9.81. The Labute approximate surface area is 129 Å². The van der Waals surface area contributed by atoms with Gasteiger partial charge in [-0.25, -0.2) is 0 Å². The summed E-state index contributed by atoms with van der Waals surface area (Å²) in [6.07, 6.45) is -4.58. The van der Waals surface area contributed by atoms with Crippen molar-refractivity contribution in [2.24, 2.45) is 0 Å². The number of hydrogen-bond donors (Lipinski definition) is 1. The second kappa shape index (κ2) is 4.81. The summed E-state index contributed by atoms with van der Waals surface area (Å²) in [5.74, 6) is 0.645. The molecule has 0 radical (unpaired) electrons. The van der Waals surface area contributed by atoms with Crippen LogP contribution in [0.1, 0.15) is 23.9 Å². The van der Waals surface area contributed by atoms with Gasteiger partial charge in [0.15, 0.2) is 5.76 Å². The summed E-state index contributed by atoms with van der Waals surface area (Å²) in [7, 11) is 1.49. The van der Waals surface area contributed by atoms with E-state index in [4.69, 9.17) is 20.9 Å². The maximum atomic E-state index is 12.9. The lowest BCUT2D eigenvalue weighted by molar-refractivity contribution is -0.142. The van der Waals surface area contributed by atoms with Crippen molar-refractivity contribution in [2.75, 3.05) is 19.0 Å². The Morgan fingerprint density at radius 1 is 1.41 bits per heavy atom. The molecule has 0 saturated carbocycles. The number of halogens is 4. The van der Waals surface area contributed by atoms with Gasteiger partial charge < -0.3 is 14.6 Å². The highest BCUT2D eigenvalue weighted by Gasteiger charge is 2.49. The summed E-state index contributed by atoms with van der Waals surface area (Å²) in [6.45, 7) is 1.98. The van der Waals surface area contributed by atoms with E-state index in [9.17, 15) is 13.2 Å². The van der Waals surface area contributed by atoms with E-state index in [0.717, 1.165) is 0 Å². The van der Waals surface area contributed by atoms with Gasteiger partial charge in [-0.2, -0.15) is 13.2 Å². The fraction of sp³-hybridized carbons (Fsp3) is 0.357. The minimum atomic E-state index is -4.58. The fourth-order valence-corrected chi connectivity index (χ4v) is 2.87.